The van der Waals surface area contributed by atoms with Crippen LogP contribution in [-0.2, 0) is 38.4 Å². The Labute approximate surface area is 482 Å². The zero-order chi connectivity index (χ0) is 56.0. The van der Waals surface area contributed by atoms with Crippen LogP contribution in [-0.4, -0.2) is 87.0 Å². The quantitative estimate of drug-likeness (QED) is 0.0995. The average molecular weight is 1100 g/mol. The van der Waals surface area contributed by atoms with Crippen LogP contribution >= 0.6 is 0 Å². The molecule has 1 aromatic carbocycles. The SMILES string of the molecule is CNCC1CC23CC1c1[nH]ccc1C2C(=O)C(C)(C1CCCC1)C1CCC2(C)C(C(O)C4Cn5cc(Cc6cc(C7CCCCC7)cc(C7CCOCC7)c6)c6[nH]cc(c65)CCC(C)(CC(O)C5OC5(C)C)C5=C4C2(C)CC5=O)C13C. The summed E-state index contributed by atoms with van der Waals surface area (Å²) in [5.41, 5.74) is 10.5. The number of rotatable bonds is 10. The molecule has 10 nitrogen and oxygen atoms in total. The first-order valence-corrected chi connectivity index (χ1v) is 32.9. The molecule has 2 saturated heterocycles. The number of Topliss-reactive ketones (excluding diaryl/α,β-unsaturated/α-hetero) is 2. The number of ether oxygens (including phenoxy) is 2. The van der Waals surface area contributed by atoms with Crippen molar-refractivity contribution in [1.82, 2.24) is 19.9 Å². The molecular formula is C71H96N4O6. The first-order valence-electron chi connectivity index (χ1n) is 32.9. The number of aryl methyl sites for hydroxylation is 1. The van der Waals surface area contributed by atoms with Crippen molar-refractivity contribution in [3.05, 3.63) is 93.1 Å². The zero-order valence-corrected chi connectivity index (χ0v) is 50.4. The summed E-state index contributed by atoms with van der Waals surface area (Å²) >= 11 is 0. The van der Waals surface area contributed by atoms with Crippen molar-refractivity contribution < 1.29 is 29.3 Å². The van der Waals surface area contributed by atoms with E-state index in [4.69, 9.17) is 9.47 Å². The monoisotopic (exact) mass is 1100 g/mol. The molecule has 4 aromatic rings. The smallest absolute Gasteiger partial charge is 0.160 e. The fourth-order valence-corrected chi connectivity index (χ4v) is 23.4. The fraction of sp³-hybridized carbons (Fsp3) is 0.718. The highest BCUT2D eigenvalue weighted by atomic mass is 16.6. The third-order valence-corrected chi connectivity index (χ3v) is 27.2. The second-order valence-corrected chi connectivity index (χ2v) is 31.2. The third kappa shape index (κ3) is 7.39. The van der Waals surface area contributed by atoms with E-state index in [-0.39, 0.29) is 41.0 Å². The predicted molar refractivity (Wildman–Crippen MR) is 317 cm³/mol. The molecule has 3 aliphatic heterocycles. The lowest BCUT2D eigenvalue weighted by Gasteiger charge is -2.76. The molecule has 6 saturated carbocycles. The second-order valence-electron chi connectivity index (χ2n) is 31.2. The van der Waals surface area contributed by atoms with Crippen molar-refractivity contribution in [3.63, 3.8) is 0 Å². The number of nitrogens with zero attached hydrogens (tertiary/aromatic N) is 1. The molecule has 15 atom stereocenters. The molecule has 0 amide bonds. The normalized spacial score (nSPS) is 41.5. The number of aliphatic hydroxyl groups is 2. The Bertz CT molecular complexity index is 3180. The fourth-order valence-electron chi connectivity index (χ4n) is 23.4. The number of hydrogen-bond acceptors (Lipinski definition) is 7. The van der Waals surface area contributed by atoms with E-state index in [0.29, 0.717) is 61.2 Å². The van der Waals surface area contributed by atoms with Crippen LogP contribution in [0.1, 0.15) is 227 Å². The molecule has 8 fully saturated rings. The van der Waals surface area contributed by atoms with Crippen LogP contribution in [0.3, 0.4) is 0 Å². The summed E-state index contributed by atoms with van der Waals surface area (Å²) in [7, 11) is 2.09. The molecule has 11 aliphatic rings. The van der Waals surface area contributed by atoms with Crippen LogP contribution in [0.4, 0.5) is 0 Å². The number of benzene rings is 1. The van der Waals surface area contributed by atoms with Gasteiger partial charge in [0.25, 0.3) is 0 Å². The zero-order valence-electron chi connectivity index (χ0n) is 50.4. The molecule has 81 heavy (non-hydrogen) atoms. The van der Waals surface area contributed by atoms with Crippen molar-refractivity contribution in [2.45, 2.75) is 231 Å². The topological polar surface area (TPSA) is 145 Å². The van der Waals surface area contributed by atoms with E-state index in [1.54, 1.807) is 0 Å². The summed E-state index contributed by atoms with van der Waals surface area (Å²) in [4.78, 5) is 40.2. The highest BCUT2D eigenvalue weighted by Crippen LogP contribution is 2.85. The highest BCUT2D eigenvalue weighted by molar-refractivity contribution is 6.02. The van der Waals surface area contributed by atoms with Crippen molar-refractivity contribution in [2.24, 2.45) is 62.1 Å². The molecule has 436 valence electrons. The first-order chi connectivity index (χ1) is 38.8. The number of H-pyrrole nitrogens is 2. The van der Waals surface area contributed by atoms with Gasteiger partial charge in [-0.15, -0.1) is 0 Å². The molecule has 2 bridgehead atoms. The van der Waals surface area contributed by atoms with Gasteiger partial charge in [0.15, 0.2) is 5.78 Å². The molecule has 3 aromatic heterocycles. The number of nitrogens with one attached hydrogen (secondary N) is 3. The lowest BCUT2D eigenvalue weighted by molar-refractivity contribution is -0.271. The summed E-state index contributed by atoms with van der Waals surface area (Å²) < 4.78 is 14.7. The van der Waals surface area contributed by atoms with E-state index in [1.807, 2.05) is 0 Å². The Morgan fingerprint density at radius 3 is 2.28 bits per heavy atom. The summed E-state index contributed by atoms with van der Waals surface area (Å²) in [6.07, 6.45) is 25.0. The maximum atomic E-state index is 16.5. The first kappa shape index (κ1) is 53.9. The molecule has 15 rings (SSSR count). The summed E-state index contributed by atoms with van der Waals surface area (Å²) in [6, 6.07) is 9.94. The highest BCUT2D eigenvalue weighted by Gasteiger charge is 2.82. The number of ketones is 2. The van der Waals surface area contributed by atoms with E-state index >= 15 is 9.59 Å². The molecule has 10 heteroatoms. The van der Waals surface area contributed by atoms with E-state index in [0.717, 1.165) is 89.5 Å². The summed E-state index contributed by atoms with van der Waals surface area (Å²) in [5, 5.41) is 30.8. The van der Waals surface area contributed by atoms with E-state index in [2.05, 4.69) is 118 Å². The van der Waals surface area contributed by atoms with Gasteiger partial charge in [-0.05, 0) is 213 Å². The number of aromatic nitrogens is 3. The molecule has 5 N–H and O–H groups in total. The number of allylic oxidation sites excluding steroid dienone is 1. The minimum atomic E-state index is -0.783. The molecule has 6 heterocycles. The minimum Gasteiger partial charge on any atom is -0.392 e. The molecule has 15 unspecified atom stereocenters. The maximum Gasteiger partial charge on any atom is 0.160 e. The van der Waals surface area contributed by atoms with Crippen LogP contribution < -0.4 is 5.32 Å². The minimum absolute atomic E-state index is 0.100. The van der Waals surface area contributed by atoms with Crippen LogP contribution in [0.25, 0.3) is 11.0 Å². The van der Waals surface area contributed by atoms with Crippen molar-refractivity contribution in [1.29, 1.82) is 0 Å². The van der Waals surface area contributed by atoms with Crippen LogP contribution in [0.15, 0.2) is 54.0 Å². The van der Waals surface area contributed by atoms with Gasteiger partial charge in [0, 0.05) is 85.1 Å². The second kappa shape index (κ2) is 18.6. The number of carbonyl (C=O) groups is 2. The lowest BCUT2D eigenvalue weighted by Crippen LogP contribution is -2.74. The van der Waals surface area contributed by atoms with Crippen molar-refractivity contribution in [3.8, 4) is 0 Å². The number of epoxide rings is 1. The lowest BCUT2D eigenvalue weighted by atomic mass is 9.27. The van der Waals surface area contributed by atoms with Gasteiger partial charge in [0.1, 0.15) is 11.9 Å². The van der Waals surface area contributed by atoms with E-state index in [1.165, 1.54) is 101 Å². The Balaban J connectivity index is 0.917. The summed E-state index contributed by atoms with van der Waals surface area (Å²) in [5.74, 6) is 2.10. The number of carbonyl (C=O) groups excluding carboxylic acids is 2. The van der Waals surface area contributed by atoms with Crippen LogP contribution in [0, 0.1) is 62.1 Å². The largest absolute Gasteiger partial charge is 0.392 e. The number of aliphatic hydroxyl groups excluding tert-OH is 2. The van der Waals surface area contributed by atoms with E-state index in [9.17, 15) is 10.2 Å². The Kier molecular flexibility index (Phi) is 12.4. The van der Waals surface area contributed by atoms with E-state index < -0.39 is 44.9 Å². The predicted octanol–water partition coefficient (Wildman–Crippen LogP) is 13.3. The van der Waals surface area contributed by atoms with Crippen molar-refractivity contribution >= 4 is 22.6 Å². The van der Waals surface area contributed by atoms with Crippen LogP contribution in [0.2, 0.25) is 0 Å². The van der Waals surface area contributed by atoms with Gasteiger partial charge in [-0.3, -0.25) is 9.59 Å². The maximum absolute atomic E-state index is 16.5. The van der Waals surface area contributed by atoms with Gasteiger partial charge in [-0.2, -0.15) is 0 Å². The molecule has 0 radical (unpaired) electrons. The number of aromatic amines is 2. The number of fused-ring (bicyclic) bond motifs is 8. The molecular weight excluding hydrogens is 1000 g/mol. The number of hydrogen-bond donors (Lipinski definition) is 5. The van der Waals surface area contributed by atoms with Gasteiger partial charge in [0.2, 0.25) is 0 Å². The third-order valence-electron chi connectivity index (χ3n) is 27.2. The van der Waals surface area contributed by atoms with Gasteiger partial charge >= 0.3 is 0 Å². The van der Waals surface area contributed by atoms with Gasteiger partial charge in [0.05, 0.1) is 34.8 Å². The van der Waals surface area contributed by atoms with Crippen LogP contribution in [0.5, 0.6) is 0 Å². The van der Waals surface area contributed by atoms with Gasteiger partial charge in [-0.25, -0.2) is 0 Å². The van der Waals surface area contributed by atoms with Gasteiger partial charge in [-0.1, -0.05) is 84.9 Å². The van der Waals surface area contributed by atoms with Gasteiger partial charge < -0.3 is 39.5 Å². The summed E-state index contributed by atoms with van der Waals surface area (Å²) in [6.45, 7) is 19.6. The van der Waals surface area contributed by atoms with Crippen molar-refractivity contribution in [2.75, 3.05) is 26.8 Å². The molecule has 8 aliphatic carbocycles. The standard InChI is InChI=1S/C71H96N4O6/c1-65(2)64(81-65)53(77)34-66(3)23-18-43-37-74-58-46(30-40-28-44(41-14-10-9-11-15-41)31-45(29-40)42-21-26-80-27-22-42)38-75(60(43)58)39-51-55-57(66)52(76)35-68(55,5)67(4)24-19-54-69(6,48-16-12-13-17-48)63(79)56-49-20-25-73-59(49)50-33-71(56,32-47(50)36-72-8)70(54,7)62(67)61(51)78/h20,25,28-29,31,37-38,41-42,47-48,50-51,53-54,56,61-62,64,72-74,77-78H,9-19,21-24,26-27,30,32-36,39H2,1-8H3. The average Bonchev–Trinajstić information content (AvgIpc) is 1.79. The Morgan fingerprint density at radius 2 is 1.57 bits per heavy atom. The molecule has 1 spiro atoms. The Morgan fingerprint density at radius 1 is 0.852 bits per heavy atom. The Hall–Kier alpha value is -3.80.